The van der Waals surface area contributed by atoms with Gasteiger partial charge in [-0.15, -0.1) is 0 Å². The third-order valence-electron chi connectivity index (χ3n) is 3.41. The van der Waals surface area contributed by atoms with Gasteiger partial charge in [0.25, 0.3) is 0 Å². The monoisotopic (exact) mass is 299 g/mol. The van der Waals surface area contributed by atoms with E-state index in [9.17, 15) is 9.90 Å². The fourth-order valence-corrected chi connectivity index (χ4v) is 2.16. The van der Waals surface area contributed by atoms with Crippen LogP contribution >= 0.6 is 0 Å². The van der Waals surface area contributed by atoms with Gasteiger partial charge < -0.3 is 15.7 Å². The molecule has 0 unspecified atom stereocenters. The lowest BCUT2D eigenvalue weighted by Gasteiger charge is -2.17. The third kappa shape index (κ3) is 4.86. The highest BCUT2D eigenvalue weighted by Gasteiger charge is 2.12. The Morgan fingerprint density at radius 3 is 2.68 bits per heavy atom. The molecule has 1 atom stereocenters. The minimum absolute atomic E-state index is 0.106. The first-order valence-corrected chi connectivity index (χ1v) is 7.28. The van der Waals surface area contributed by atoms with Crippen LogP contribution in [0.2, 0.25) is 0 Å². The predicted molar refractivity (Wildman–Crippen MR) is 85.4 cm³/mol. The van der Waals surface area contributed by atoms with Crippen molar-refractivity contribution in [1.29, 1.82) is 0 Å². The van der Waals surface area contributed by atoms with Crippen LogP contribution in [0.5, 0.6) is 0 Å². The molecule has 0 aliphatic carbocycles. The smallest absolute Gasteiger partial charge is 0.315 e. The van der Waals surface area contributed by atoms with Crippen molar-refractivity contribution in [2.24, 2.45) is 0 Å². The average Bonchev–Trinajstić information content (AvgIpc) is 2.54. The molecule has 3 N–H and O–H groups in total. The van der Waals surface area contributed by atoms with E-state index in [0.717, 1.165) is 16.8 Å². The fraction of sp³-hybridized carbons (Fsp3) is 0.294. The summed E-state index contributed by atoms with van der Waals surface area (Å²) in [5, 5.41) is 15.0. The number of nitrogens with one attached hydrogen (secondary N) is 2. The molecule has 2 aromatic rings. The molecule has 2 rings (SSSR count). The number of hydrogen-bond acceptors (Lipinski definition) is 3. The van der Waals surface area contributed by atoms with Crippen molar-refractivity contribution in [2.75, 3.05) is 6.61 Å². The zero-order chi connectivity index (χ0) is 15.8. The molecule has 0 bridgehead atoms. The van der Waals surface area contributed by atoms with E-state index in [0.29, 0.717) is 13.0 Å². The van der Waals surface area contributed by atoms with E-state index in [-0.39, 0.29) is 18.7 Å². The lowest BCUT2D eigenvalue weighted by Crippen LogP contribution is -2.44. The van der Waals surface area contributed by atoms with Crippen LogP contribution in [0.1, 0.15) is 16.8 Å². The number of rotatable bonds is 6. The van der Waals surface area contributed by atoms with E-state index in [4.69, 9.17) is 0 Å². The largest absolute Gasteiger partial charge is 0.394 e. The van der Waals surface area contributed by atoms with Crippen molar-refractivity contribution in [2.45, 2.75) is 25.9 Å². The highest BCUT2D eigenvalue weighted by molar-refractivity contribution is 5.74. The van der Waals surface area contributed by atoms with Gasteiger partial charge >= 0.3 is 6.03 Å². The summed E-state index contributed by atoms with van der Waals surface area (Å²) in [5.41, 5.74) is 2.94. The first-order chi connectivity index (χ1) is 10.7. The van der Waals surface area contributed by atoms with Gasteiger partial charge in [-0.1, -0.05) is 36.4 Å². The highest BCUT2D eigenvalue weighted by atomic mass is 16.3. The molecule has 1 aromatic heterocycles. The number of nitrogens with zero attached hydrogens (tertiary/aromatic N) is 1. The molecule has 116 valence electrons. The number of urea groups is 1. The Kier molecular flexibility index (Phi) is 5.91. The second-order valence-electron chi connectivity index (χ2n) is 5.16. The van der Waals surface area contributed by atoms with E-state index in [1.54, 1.807) is 6.20 Å². The Morgan fingerprint density at radius 2 is 2.00 bits per heavy atom. The van der Waals surface area contributed by atoms with Gasteiger partial charge in [-0.2, -0.15) is 0 Å². The molecule has 2 amide bonds. The topological polar surface area (TPSA) is 74.2 Å². The van der Waals surface area contributed by atoms with Gasteiger partial charge in [0.1, 0.15) is 0 Å². The van der Waals surface area contributed by atoms with Gasteiger partial charge in [-0.05, 0) is 30.5 Å². The van der Waals surface area contributed by atoms with Crippen molar-refractivity contribution < 1.29 is 9.90 Å². The second-order valence-corrected chi connectivity index (χ2v) is 5.16. The zero-order valence-corrected chi connectivity index (χ0v) is 12.6. The number of carbonyl (C=O) groups is 1. The summed E-state index contributed by atoms with van der Waals surface area (Å²) in [7, 11) is 0. The Morgan fingerprint density at radius 1 is 1.23 bits per heavy atom. The van der Waals surface area contributed by atoms with Crippen LogP contribution in [0.25, 0.3) is 0 Å². The molecule has 1 heterocycles. The van der Waals surface area contributed by atoms with E-state index in [1.165, 1.54) is 0 Å². The summed E-state index contributed by atoms with van der Waals surface area (Å²) >= 11 is 0. The number of aliphatic hydroxyl groups is 1. The molecular formula is C17H21N3O2. The minimum Gasteiger partial charge on any atom is -0.394 e. The Hall–Kier alpha value is -2.40. The molecule has 0 radical (unpaired) electrons. The molecule has 0 fully saturated rings. The molecule has 0 aliphatic heterocycles. The maximum Gasteiger partial charge on any atom is 0.315 e. The van der Waals surface area contributed by atoms with Crippen LogP contribution in [-0.2, 0) is 13.0 Å². The molecule has 0 saturated heterocycles. The standard InChI is InChI=1S/C17H21N3O2/c1-13-6-5-9-18-16(13)11-19-17(22)20-15(12-21)10-14-7-3-2-4-8-14/h2-9,15,21H,10-12H2,1H3,(H2,19,20,22)/t15-/m0/s1. The minimum atomic E-state index is -0.313. The number of carbonyl (C=O) groups excluding carboxylic acids is 1. The maximum atomic E-state index is 11.9. The quantitative estimate of drug-likeness (QED) is 0.761. The molecule has 1 aromatic carbocycles. The predicted octanol–water partition coefficient (Wildman–Crippen LogP) is 1.79. The number of aryl methyl sites for hydroxylation is 1. The first kappa shape index (κ1) is 16.0. The fourth-order valence-electron chi connectivity index (χ4n) is 2.16. The van der Waals surface area contributed by atoms with Gasteiger partial charge in [0, 0.05) is 6.20 Å². The molecule has 22 heavy (non-hydrogen) atoms. The number of hydrogen-bond donors (Lipinski definition) is 3. The molecular weight excluding hydrogens is 278 g/mol. The Bertz CT molecular complexity index is 602. The summed E-state index contributed by atoms with van der Waals surface area (Å²) in [6.45, 7) is 2.21. The van der Waals surface area contributed by atoms with Gasteiger partial charge in [0.15, 0.2) is 0 Å². The van der Waals surface area contributed by atoms with Crippen LogP contribution in [0.4, 0.5) is 4.79 Å². The van der Waals surface area contributed by atoms with Crippen LogP contribution in [0.3, 0.4) is 0 Å². The second kappa shape index (κ2) is 8.14. The van der Waals surface area contributed by atoms with E-state index < -0.39 is 0 Å². The Labute approximate surface area is 130 Å². The number of benzene rings is 1. The molecule has 5 nitrogen and oxygen atoms in total. The summed E-state index contributed by atoms with van der Waals surface area (Å²) in [6.07, 6.45) is 2.29. The molecule has 0 saturated carbocycles. The summed E-state index contributed by atoms with van der Waals surface area (Å²) < 4.78 is 0. The normalized spacial score (nSPS) is 11.7. The first-order valence-electron chi connectivity index (χ1n) is 7.28. The van der Waals surface area contributed by atoms with Gasteiger partial charge in [-0.3, -0.25) is 4.98 Å². The number of aromatic nitrogens is 1. The van der Waals surface area contributed by atoms with Crippen LogP contribution < -0.4 is 10.6 Å². The highest BCUT2D eigenvalue weighted by Crippen LogP contribution is 2.04. The van der Waals surface area contributed by atoms with Gasteiger partial charge in [-0.25, -0.2) is 4.79 Å². The summed E-state index contributed by atoms with van der Waals surface area (Å²) in [6, 6.07) is 13.0. The average molecular weight is 299 g/mol. The van der Waals surface area contributed by atoms with Crippen molar-refractivity contribution in [3.8, 4) is 0 Å². The van der Waals surface area contributed by atoms with Gasteiger partial charge in [0.2, 0.25) is 0 Å². The zero-order valence-electron chi connectivity index (χ0n) is 12.6. The van der Waals surface area contributed by atoms with Crippen LogP contribution in [-0.4, -0.2) is 28.8 Å². The molecule has 5 heteroatoms. The van der Waals surface area contributed by atoms with Crippen molar-refractivity contribution in [3.63, 3.8) is 0 Å². The third-order valence-corrected chi connectivity index (χ3v) is 3.41. The summed E-state index contributed by atoms with van der Waals surface area (Å²) in [5.74, 6) is 0. The summed E-state index contributed by atoms with van der Waals surface area (Å²) in [4.78, 5) is 16.2. The SMILES string of the molecule is Cc1cccnc1CNC(=O)N[C@H](CO)Cc1ccccc1. The lowest BCUT2D eigenvalue weighted by atomic mass is 10.1. The number of aliphatic hydroxyl groups excluding tert-OH is 1. The van der Waals surface area contributed by atoms with Crippen molar-refractivity contribution >= 4 is 6.03 Å². The number of pyridine rings is 1. The van der Waals surface area contributed by atoms with Crippen LogP contribution in [0.15, 0.2) is 48.7 Å². The van der Waals surface area contributed by atoms with Crippen LogP contribution in [0, 0.1) is 6.92 Å². The van der Waals surface area contributed by atoms with Crippen molar-refractivity contribution in [1.82, 2.24) is 15.6 Å². The van der Waals surface area contributed by atoms with E-state index in [1.807, 2.05) is 49.4 Å². The van der Waals surface area contributed by atoms with E-state index in [2.05, 4.69) is 15.6 Å². The van der Waals surface area contributed by atoms with Gasteiger partial charge in [0.05, 0.1) is 24.9 Å². The Balaban J connectivity index is 1.83. The molecule has 0 spiro atoms. The van der Waals surface area contributed by atoms with Crippen molar-refractivity contribution in [3.05, 3.63) is 65.5 Å². The lowest BCUT2D eigenvalue weighted by molar-refractivity contribution is 0.215. The molecule has 0 aliphatic rings. The number of amides is 2. The van der Waals surface area contributed by atoms with E-state index >= 15 is 0 Å². The maximum absolute atomic E-state index is 11.9.